The van der Waals surface area contributed by atoms with Crippen LogP contribution in [-0.2, 0) is 26.1 Å². The lowest BCUT2D eigenvalue weighted by Crippen LogP contribution is -2.22. The monoisotopic (exact) mass is 240 g/mol. The first-order chi connectivity index (χ1) is 8.12. The zero-order valence-corrected chi connectivity index (χ0v) is 10.2. The Balaban J connectivity index is 2.11. The van der Waals surface area contributed by atoms with Crippen LogP contribution in [0.3, 0.4) is 0 Å². The first-order valence-electron chi connectivity index (χ1n) is 5.56. The summed E-state index contributed by atoms with van der Waals surface area (Å²) in [5, 5.41) is 3.85. The fourth-order valence-electron chi connectivity index (χ4n) is 1.70. The van der Waals surface area contributed by atoms with Crippen LogP contribution in [0.1, 0.15) is 31.5 Å². The van der Waals surface area contributed by atoms with Crippen LogP contribution >= 0.6 is 0 Å². The summed E-state index contributed by atoms with van der Waals surface area (Å²) in [6.45, 7) is 1.92. The maximum absolute atomic E-state index is 11.6. The molecule has 0 N–H and O–H groups in total. The molecule has 0 bridgehead atoms. The van der Waals surface area contributed by atoms with Gasteiger partial charge in [-0.05, 0) is 19.8 Å². The summed E-state index contributed by atoms with van der Waals surface area (Å²) in [7, 11) is 3.00. The average Bonchev–Trinajstić information content (AvgIpc) is 3.03. The van der Waals surface area contributed by atoms with E-state index < -0.39 is 5.41 Å². The number of carbonyl (C=O) groups excluding carboxylic acids is 1. The summed E-state index contributed by atoms with van der Waals surface area (Å²) < 4.78 is 15.0. The first kappa shape index (κ1) is 12.0. The van der Waals surface area contributed by atoms with Gasteiger partial charge in [0.05, 0.1) is 13.2 Å². The van der Waals surface area contributed by atoms with Gasteiger partial charge in [0, 0.05) is 13.5 Å². The number of esters is 1. The quantitative estimate of drug-likeness (QED) is 0.710. The number of rotatable bonds is 5. The minimum Gasteiger partial charge on any atom is -0.468 e. The van der Waals surface area contributed by atoms with Crippen molar-refractivity contribution < 1.29 is 18.8 Å². The van der Waals surface area contributed by atoms with Crippen molar-refractivity contribution in [1.82, 2.24) is 10.1 Å². The van der Waals surface area contributed by atoms with E-state index in [0.717, 1.165) is 0 Å². The summed E-state index contributed by atoms with van der Waals surface area (Å²) in [4.78, 5) is 15.9. The number of aromatic nitrogens is 2. The SMILES string of the molecule is COC(=O)C1(c2nc(CC(C)OC)no2)CC1. The van der Waals surface area contributed by atoms with Gasteiger partial charge in [-0.15, -0.1) is 0 Å². The number of ether oxygens (including phenoxy) is 2. The minimum absolute atomic E-state index is 0.0220. The third-order valence-electron chi connectivity index (χ3n) is 3.08. The topological polar surface area (TPSA) is 74.5 Å². The molecule has 1 unspecified atom stereocenters. The lowest BCUT2D eigenvalue weighted by Gasteiger charge is -2.06. The molecule has 17 heavy (non-hydrogen) atoms. The van der Waals surface area contributed by atoms with Crippen molar-refractivity contribution in [3.63, 3.8) is 0 Å². The van der Waals surface area contributed by atoms with Gasteiger partial charge in [0.15, 0.2) is 5.82 Å². The normalized spacial score (nSPS) is 18.8. The lowest BCUT2D eigenvalue weighted by molar-refractivity contribution is -0.144. The summed E-state index contributed by atoms with van der Waals surface area (Å²) >= 11 is 0. The van der Waals surface area contributed by atoms with Gasteiger partial charge in [-0.1, -0.05) is 5.16 Å². The predicted molar refractivity (Wildman–Crippen MR) is 57.4 cm³/mol. The maximum Gasteiger partial charge on any atom is 0.321 e. The molecule has 1 aromatic heterocycles. The summed E-state index contributed by atoms with van der Waals surface area (Å²) in [6.07, 6.45) is 2.01. The molecule has 1 aliphatic rings. The van der Waals surface area contributed by atoms with Gasteiger partial charge in [0.2, 0.25) is 5.89 Å². The minimum atomic E-state index is -0.684. The molecule has 1 heterocycles. The van der Waals surface area contributed by atoms with Crippen LogP contribution in [0.4, 0.5) is 0 Å². The molecule has 6 nitrogen and oxygen atoms in total. The molecule has 0 saturated heterocycles. The molecule has 1 aromatic rings. The van der Waals surface area contributed by atoms with E-state index in [4.69, 9.17) is 14.0 Å². The van der Waals surface area contributed by atoms with Gasteiger partial charge in [0.1, 0.15) is 5.41 Å². The predicted octanol–water partition coefficient (Wildman–Crippen LogP) is 0.852. The highest BCUT2D eigenvalue weighted by Crippen LogP contribution is 2.48. The smallest absolute Gasteiger partial charge is 0.321 e. The Kier molecular flexibility index (Phi) is 3.15. The number of methoxy groups -OCH3 is 2. The second-order valence-corrected chi connectivity index (χ2v) is 4.34. The summed E-state index contributed by atoms with van der Waals surface area (Å²) in [5.74, 6) is 0.625. The van der Waals surface area contributed by atoms with Crippen LogP contribution < -0.4 is 0 Å². The largest absolute Gasteiger partial charge is 0.468 e. The van der Waals surface area contributed by atoms with Crippen LogP contribution in [0, 0.1) is 0 Å². The van der Waals surface area contributed by atoms with Crippen LogP contribution in [0.2, 0.25) is 0 Å². The van der Waals surface area contributed by atoms with E-state index in [1.54, 1.807) is 7.11 Å². The second kappa shape index (κ2) is 4.44. The van der Waals surface area contributed by atoms with E-state index in [9.17, 15) is 4.79 Å². The Hall–Kier alpha value is -1.43. The Labute approximate surface area is 99.3 Å². The van der Waals surface area contributed by atoms with Crippen molar-refractivity contribution in [3.05, 3.63) is 11.7 Å². The molecule has 1 saturated carbocycles. The molecule has 94 valence electrons. The average molecular weight is 240 g/mol. The summed E-state index contributed by atoms with van der Waals surface area (Å²) in [5.41, 5.74) is -0.684. The highest BCUT2D eigenvalue weighted by atomic mass is 16.5. The molecular formula is C11H16N2O4. The molecule has 1 atom stereocenters. The van der Waals surface area contributed by atoms with Gasteiger partial charge in [-0.25, -0.2) is 0 Å². The number of nitrogens with zero attached hydrogens (tertiary/aromatic N) is 2. The van der Waals surface area contributed by atoms with Crippen molar-refractivity contribution in [2.45, 2.75) is 37.7 Å². The van der Waals surface area contributed by atoms with Crippen LogP contribution in [0.15, 0.2) is 4.52 Å². The molecule has 1 aliphatic carbocycles. The van der Waals surface area contributed by atoms with Gasteiger partial charge < -0.3 is 14.0 Å². The Morgan fingerprint density at radius 3 is 2.76 bits per heavy atom. The zero-order valence-electron chi connectivity index (χ0n) is 10.2. The van der Waals surface area contributed by atoms with E-state index >= 15 is 0 Å². The van der Waals surface area contributed by atoms with Crippen molar-refractivity contribution in [2.75, 3.05) is 14.2 Å². The third kappa shape index (κ3) is 2.17. The molecule has 0 spiro atoms. The molecule has 1 fully saturated rings. The Morgan fingerprint density at radius 2 is 2.24 bits per heavy atom. The van der Waals surface area contributed by atoms with Crippen molar-refractivity contribution in [3.8, 4) is 0 Å². The zero-order chi connectivity index (χ0) is 12.5. The van der Waals surface area contributed by atoms with Crippen molar-refractivity contribution in [2.24, 2.45) is 0 Å². The lowest BCUT2D eigenvalue weighted by atomic mass is 10.1. The Bertz CT molecular complexity index is 411. The number of hydrogen-bond acceptors (Lipinski definition) is 6. The summed E-state index contributed by atoms with van der Waals surface area (Å²) in [6, 6.07) is 0. The highest BCUT2D eigenvalue weighted by molar-refractivity contribution is 5.85. The second-order valence-electron chi connectivity index (χ2n) is 4.34. The molecular weight excluding hydrogens is 224 g/mol. The van der Waals surface area contributed by atoms with E-state index in [2.05, 4.69) is 10.1 Å². The first-order valence-corrected chi connectivity index (χ1v) is 5.56. The number of hydrogen-bond donors (Lipinski definition) is 0. The Morgan fingerprint density at radius 1 is 1.53 bits per heavy atom. The maximum atomic E-state index is 11.6. The van der Waals surface area contributed by atoms with Crippen molar-refractivity contribution in [1.29, 1.82) is 0 Å². The van der Waals surface area contributed by atoms with E-state index in [0.29, 0.717) is 31.0 Å². The van der Waals surface area contributed by atoms with Gasteiger partial charge in [-0.2, -0.15) is 4.98 Å². The van der Waals surface area contributed by atoms with Crippen LogP contribution in [0.5, 0.6) is 0 Å². The van der Waals surface area contributed by atoms with E-state index in [1.807, 2.05) is 6.92 Å². The van der Waals surface area contributed by atoms with E-state index in [-0.39, 0.29) is 12.1 Å². The fourth-order valence-corrected chi connectivity index (χ4v) is 1.70. The van der Waals surface area contributed by atoms with Gasteiger partial charge in [0.25, 0.3) is 0 Å². The van der Waals surface area contributed by atoms with Crippen molar-refractivity contribution >= 4 is 5.97 Å². The molecule has 0 amide bonds. The van der Waals surface area contributed by atoms with E-state index in [1.165, 1.54) is 7.11 Å². The van der Waals surface area contributed by atoms with Gasteiger partial charge in [-0.3, -0.25) is 4.79 Å². The fraction of sp³-hybridized carbons (Fsp3) is 0.727. The van der Waals surface area contributed by atoms with Gasteiger partial charge >= 0.3 is 5.97 Å². The third-order valence-corrected chi connectivity index (χ3v) is 3.08. The highest BCUT2D eigenvalue weighted by Gasteiger charge is 2.57. The molecule has 2 rings (SSSR count). The van der Waals surface area contributed by atoms with Crippen LogP contribution in [-0.4, -0.2) is 36.4 Å². The molecule has 0 aliphatic heterocycles. The number of carbonyl (C=O) groups is 1. The molecule has 0 aromatic carbocycles. The standard InChI is InChI=1S/C11H16N2O4/c1-7(15-2)6-8-12-9(17-13-8)11(4-5-11)10(14)16-3/h7H,4-6H2,1-3H3. The molecule has 0 radical (unpaired) electrons. The van der Waals surface area contributed by atoms with Crippen LogP contribution in [0.25, 0.3) is 0 Å². The molecule has 6 heteroatoms.